The number of halogens is 3. The Labute approximate surface area is 135 Å². The highest BCUT2D eigenvalue weighted by Gasteiger charge is 2.33. The van der Waals surface area contributed by atoms with E-state index in [9.17, 15) is 18.0 Å². The number of aliphatic imine (C=N–C) groups is 1. The van der Waals surface area contributed by atoms with Crippen molar-refractivity contribution < 1.29 is 18.0 Å². The SMILES string of the molecule is CN=C(NCC(=O)N1CCCC1)NCc1nc(C(F)(F)F)cs1. The molecule has 2 N–H and O–H groups in total. The molecule has 128 valence electrons. The molecule has 1 saturated heterocycles. The van der Waals surface area contributed by atoms with Crippen molar-refractivity contribution >= 4 is 23.2 Å². The lowest BCUT2D eigenvalue weighted by atomic mass is 10.4. The van der Waals surface area contributed by atoms with Crippen LogP contribution >= 0.6 is 11.3 Å². The summed E-state index contributed by atoms with van der Waals surface area (Å²) in [5.74, 6) is 0.334. The van der Waals surface area contributed by atoms with Gasteiger partial charge in [0.1, 0.15) is 5.01 Å². The maximum atomic E-state index is 12.5. The molecule has 1 fully saturated rings. The molecule has 23 heavy (non-hydrogen) atoms. The van der Waals surface area contributed by atoms with Gasteiger partial charge in [-0.15, -0.1) is 11.3 Å². The number of alkyl halides is 3. The summed E-state index contributed by atoms with van der Waals surface area (Å²) in [5, 5.41) is 6.97. The first kappa shape index (κ1) is 17.5. The largest absolute Gasteiger partial charge is 0.434 e. The van der Waals surface area contributed by atoms with Crippen LogP contribution in [0, 0.1) is 0 Å². The molecule has 0 saturated carbocycles. The Morgan fingerprint density at radius 2 is 2.09 bits per heavy atom. The van der Waals surface area contributed by atoms with Gasteiger partial charge in [-0.05, 0) is 12.8 Å². The molecule has 1 aromatic heterocycles. The summed E-state index contributed by atoms with van der Waals surface area (Å²) in [6.45, 7) is 1.75. The topological polar surface area (TPSA) is 69.6 Å². The zero-order valence-electron chi connectivity index (χ0n) is 12.6. The van der Waals surface area contributed by atoms with E-state index in [4.69, 9.17) is 0 Å². The van der Waals surface area contributed by atoms with E-state index in [-0.39, 0.29) is 19.0 Å². The summed E-state index contributed by atoms with van der Waals surface area (Å²) in [6.07, 6.45) is -2.40. The van der Waals surface area contributed by atoms with E-state index in [1.807, 2.05) is 0 Å². The van der Waals surface area contributed by atoms with Crippen LogP contribution in [0.4, 0.5) is 13.2 Å². The second-order valence-electron chi connectivity index (χ2n) is 4.99. The van der Waals surface area contributed by atoms with Crippen molar-refractivity contribution in [1.29, 1.82) is 0 Å². The lowest BCUT2D eigenvalue weighted by molar-refractivity contribution is -0.140. The van der Waals surface area contributed by atoms with Gasteiger partial charge in [0, 0.05) is 25.5 Å². The van der Waals surface area contributed by atoms with Gasteiger partial charge in [0.25, 0.3) is 0 Å². The lowest BCUT2D eigenvalue weighted by Gasteiger charge is -2.17. The van der Waals surface area contributed by atoms with Gasteiger partial charge in [-0.2, -0.15) is 13.2 Å². The van der Waals surface area contributed by atoms with Gasteiger partial charge in [-0.1, -0.05) is 0 Å². The highest BCUT2D eigenvalue weighted by atomic mass is 32.1. The predicted octanol–water partition coefficient (Wildman–Crippen LogP) is 1.45. The Bertz CT molecular complexity index is 566. The molecule has 0 radical (unpaired) electrons. The number of carbonyl (C=O) groups excluding carboxylic acids is 1. The zero-order valence-corrected chi connectivity index (χ0v) is 13.4. The number of carbonyl (C=O) groups is 1. The number of hydrogen-bond acceptors (Lipinski definition) is 4. The van der Waals surface area contributed by atoms with Gasteiger partial charge in [-0.25, -0.2) is 4.98 Å². The van der Waals surface area contributed by atoms with Crippen LogP contribution in [0.2, 0.25) is 0 Å². The third-order valence-corrected chi connectivity index (χ3v) is 4.19. The molecule has 0 aromatic carbocycles. The fraction of sp³-hybridized carbons (Fsp3) is 0.615. The van der Waals surface area contributed by atoms with Crippen molar-refractivity contribution in [2.45, 2.75) is 25.6 Å². The Morgan fingerprint density at radius 3 is 2.65 bits per heavy atom. The minimum atomic E-state index is -4.43. The zero-order chi connectivity index (χ0) is 16.9. The molecule has 1 aromatic rings. The smallest absolute Gasteiger partial charge is 0.350 e. The summed E-state index contributed by atoms with van der Waals surface area (Å²) < 4.78 is 37.4. The van der Waals surface area contributed by atoms with E-state index in [1.54, 1.807) is 4.90 Å². The Balaban J connectivity index is 1.78. The van der Waals surface area contributed by atoms with Crippen molar-refractivity contribution in [3.63, 3.8) is 0 Å². The van der Waals surface area contributed by atoms with Crippen LogP contribution in [-0.2, 0) is 17.5 Å². The number of likely N-dealkylation sites (tertiary alicyclic amines) is 1. The Hall–Kier alpha value is -1.84. The molecule has 10 heteroatoms. The van der Waals surface area contributed by atoms with Crippen molar-refractivity contribution in [3.8, 4) is 0 Å². The van der Waals surface area contributed by atoms with Crippen molar-refractivity contribution in [2.75, 3.05) is 26.7 Å². The maximum Gasteiger partial charge on any atom is 0.434 e. The fourth-order valence-electron chi connectivity index (χ4n) is 2.14. The first-order valence-electron chi connectivity index (χ1n) is 7.14. The number of guanidine groups is 1. The van der Waals surface area contributed by atoms with Crippen LogP contribution in [0.1, 0.15) is 23.5 Å². The first-order chi connectivity index (χ1) is 10.9. The van der Waals surface area contributed by atoms with E-state index >= 15 is 0 Å². The van der Waals surface area contributed by atoms with Crippen LogP contribution in [0.5, 0.6) is 0 Å². The quantitative estimate of drug-likeness (QED) is 0.638. The lowest BCUT2D eigenvalue weighted by Crippen LogP contribution is -2.43. The summed E-state index contributed by atoms with van der Waals surface area (Å²) in [7, 11) is 1.53. The van der Waals surface area contributed by atoms with Crippen LogP contribution in [0.15, 0.2) is 10.4 Å². The van der Waals surface area contributed by atoms with Crippen molar-refractivity contribution in [3.05, 3.63) is 16.1 Å². The Kier molecular flexibility index (Phi) is 5.80. The second-order valence-corrected chi connectivity index (χ2v) is 5.93. The number of hydrogen-bond donors (Lipinski definition) is 2. The number of nitrogens with zero attached hydrogens (tertiary/aromatic N) is 3. The van der Waals surface area contributed by atoms with Gasteiger partial charge in [0.15, 0.2) is 11.7 Å². The van der Waals surface area contributed by atoms with Crippen LogP contribution < -0.4 is 10.6 Å². The standard InChI is InChI=1S/C13H18F3N5OS/c1-17-12(19-7-11(22)21-4-2-3-5-21)18-6-10-20-9(8-23-10)13(14,15)16/h8H,2-7H2,1H3,(H2,17,18,19). The van der Waals surface area contributed by atoms with Gasteiger partial charge < -0.3 is 15.5 Å². The number of amides is 1. The predicted molar refractivity (Wildman–Crippen MR) is 81.1 cm³/mol. The van der Waals surface area contributed by atoms with Gasteiger partial charge >= 0.3 is 6.18 Å². The van der Waals surface area contributed by atoms with Crippen LogP contribution in [0.3, 0.4) is 0 Å². The average Bonchev–Trinajstić information content (AvgIpc) is 3.18. The molecule has 0 bridgehead atoms. The summed E-state index contributed by atoms with van der Waals surface area (Å²) in [4.78, 5) is 21.1. The molecule has 6 nitrogen and oxygen atoms in total. The third kappa shape index (κ3) is 5.08. The fourth-order valence-corrected chi connectivity index (χ4v) is 2.88. The van der Waals surface area contributed by atoms with Gasteiger partial charge in [0.2, 0.25) is 5.91 Å². The average molecular weight is 349 g/mol. The van der Waals surface area contributed by atoms with Gasteiger partial charge in [-0.3, -0.25) is 9.79 Å². The number of aromatic nitrogens is 1. The molecule has 0 unspecified atom stereocenters. The molecule has 1 aliphatic rings. The number of thiazole rings is 1. The van der Waals surface area contributed by atoms with E-state index in [2.05, 4.69) is 20.6 Å². The Morgan fingerprint density at radius 1 is 1.39 bits per heavy atom. The first-order valence-corrected chi connectivity index (χ1v) is 8.02. The number of nitrogens with one attached hydrogen (secondary N) is 2. The van der Waals surface area contributed by atoms with Gasteiger partial charge in [0.05, 0.1) is 13.1 Å². The molecule has 0 spiro atoms. The minimum absolute atomic E-state index is 0.0148. The minimum Gasteiger partial charge on any atom is -0.350 e. The summed E-state index contributed by atoms with van der Waals surface area (Å²) in [5.41, 5.74) is -0.897. The molecular weight excluding hydrogens is 331 g/mol. The molecule has 1 aliphatic heterocycles. The molecule has 2 rings (SSSR count). The normalized spacial score (nSPS) is 15.8. The highest BCUT2D eigenvalue weighted by molar-refractivity contribution is 7.09. The summed E-state index contributed by atoms with van der Waals surface area (Å²) >= 11 is 0.922. The van der Waals surface area contributed by atoms with E-state index < -0.39 is 11.9 Å². The molecule has 2 heterocycles. The summed E-state index contributed by atoms with van der Waals surface area (Å²) in [6, 6.07) is 0. The molecule has 0 aliphatic carbocycles. The molecule has 1 amide bonds. The third-order valence-electron chi connectivity index (χ3n) is 3.34. The van der Waals surface area contributed by atoms with E-state index in [1.165, 1.54) is 7.05 Å². The maximum absolute atomic E-state index is 12.5. The monoisotopic (exact) mass is 349 g/mol. The van der Waals surface area contributed by atoms with E-state index in [0.717, 1.165) is 42.6 Å². The van der Waals surface area contributed by atoms with Crippen molar-refractivity contribution in [2.24, 2.45) is 4.99 Å². The highest BCUT2D eigenvalue weighted by Crippen LogP contribution is 2.29. The molecular formula is C13H18F3N5OS. The van der Waals surface area contributed by atoms with E-state index in [0.29, 0.717) is 11.0 Å². The molecule has 0 atom stereocenters. The van der Waals surface area contributed by atoms with Crippen LogP contribution in [0.25, 0.3) is 0 Å². The second kappa shape index (κ2) is 7.62. The van der Waals surface area contributed by atoms with Crippen LogP contribution in [-0.4, -0.2) is 48.4 Å². The van der Waals surface area contributed by atoms with Crippen molar-refractivity contribution in [1.82, 2.24) is 20.5 Å². The number of rotatable bonds is 4.